The summed E-state index contributed by atoms with van der Waals surface area (Å²) in [7, 11) is 0. The molecule has 11 aromatic rings. The van der Waals surface area contributed by atoms with Gasteiger partial charge in [-0.25, -0.2) is 4.98 Å². The van der Waals surface area contributed by atoms with E-state index >= 15 is 0 Å². The first kappa shape index (κ1) is 26.3. The summed E-state index contributed by atoms with van der Waals surface area (Å²) in [5, 5.41) is 8.67. The number of nitrogens with zero attached hydrogens (tertiary/aromatic N) is 4. The second kappa shape index (κ2) is 9.86. The fourth-order valence-corrected chi connectivity index (χ4v) is 7.50. The Kier molecular flexibility index (Phi) is 5.29. The number of furan rings is 2. The average molecular weight is 629 g/mol. The second-order valence-electron chi connectivity index (χ2n) is 12.4. The molecular weight excluding hydrogens is 604 g/mol. The Balaban J connectivity index is 1.29. The summed E-state index contributed by atoms with van der Waals surface area (Å²) in [6.07, 6.45) is 0. The molecule has 6 heteroatoms. The maximum Gasteiger partial charge on any atom is 0.238 e. The quantitative estimate of drug-likeness (QED) is 0.195. The van der Waals surface area contributed by atoms with Crippen molar-refractivity contribution in [3.8, 4) is 28.7 Å². The molecule has 0 spiro atoms. The molecular formula is C43H24N4O2. The largest absolute Gasteiger partial charge is 0.456 e. The first-order valence-electron chi connectivity index (χ1n) is 16.3. The zero-order valence-corrected chi connectivity index (χ0v) is 26.0. The summed E-state index contributed by atoms with van der Waals surface area (Å²) in [6.45, 7) is 0. The maximum absolute atomic E-state index is 6.64. The topological polar surface area (TPSA) is 69.9 Å². The summed E-state index contributed by atoms with van der Waals surface area (Å²) in [4.78, 5) is 15.5. The van der Waals surface area contributed by atoms with Crippen LogP contribution < -0.4 is 0 Å². The minimum absolute atomic E-state index is 0.529. The van der Waals surface area contributed by atoms with Gasteiger partial charge in [0, 0.05) is 43.4 Å². The van der Waals surface area contributed by atoms with E-state index in [1.54, 1.807) is 0 Å². The van der Waals surface area contributed by atoms with Crippen molar-refractivity contribution in [1.29, 1.82) is 0 Å². The van der Waals surface area contributed by atoms with E-state index in [4.69, 9.17) is 23.8 Å². The molecule has 0 amide bonds. The van der Waals surface area contributed by atoms with Gasteiger partial charge in [-0.3, -0.25) is 4.57 Å². The molecule has 0 aliphatic carbocycles. The van der Waals surface area contributed by atoms with Crippen LogP contribution in [0.15, 0.2) is 154 Å². The van der Waals surface area contributed by atoms with Crippen LogP contribution in [0.3, 0.4) is 0 Å². The minimum atomic E-state index is 0.529. The van der Waals surface area contributed by atoms with E-state index in [1.165, 1.54) is 0 Å². The Morgan fingerprint density at radius 3 is 1.84 bits per heavy atom. The van der Waals surface area contributed by atoms with Gasteiger partial charge in [0.1, 0.15) is 22.3 Å². The number of fused-ring (bicyclic) bond motifs is 13. The van der Waals surface area contributed by atoms with Crippen molar-refractivity contribution < 1.29 is 8.83 Å². The third-order valence-corrected chi connectivity index (χ3v) is 9.64. The molecule has 11 rings (SSSR count). The molecule has 0 aliphatic rings. The van der Waals surface area contributed by atoms with Gasteiger partial charge < -0.3 is 8.83 Å². The van der Waals surface area contributed by atoms with Crippen LogP contribution in [-0.2, 0) is 0 Å². The third kappa shape index (κ3) is 3.74. The summed E-state index contributed by atoms with van der Waals surface area (Å²) in [5.41, 5.74) is 7.09. The molecule has 7 aromatic carbocycles. The maximum atomic E-state index is 6.64. The van der Waals surface area contributed by atoms with Crippen molar-refractivity contribution in [2.45, 2.75) is 0 Å². The smallest absolute Gasteiger partial charge is 0.238 e. The van der Waals surface area contributed by atoms with Gasteiger partial charge >= 0.3 is 0 Å². The van der Waals surface area contributed by atoms with Gasteiger partial charge in [0.2, 0.25) is 5.95 Å². The van der Waals surface area contributed by atoms with Gasteiger partial charge in [-0.05, 0) is 35.7 Å². The zero-order chi connectivity index (χ0) is 32.1. The number of hydrogen-bond acceptors (Lipinski definition) is 5. The number of aromatic nitrogens is 4. The lowest BCUT2D eigenvalue weighted by molar-refractivity contribution is 0.669. The van der Waals surface area contributed by atoms with Crippen LogP contribution in [0.5, 0.6) is 0 Å². The summed E-state index contributed by atoms with van der Waals surface area (Å²) < 4.78 is 15.1. The van der Waals surface area contributed by atoms with Crippen LogP contribution in [-0.4, -0.2) is 19.5 Å². The molecule has 0 aliphatic heterocycles. The molecule has 0 atom stereocenters. The molecule has 6 nitrogen and oxygen atoms in total. The number of benzene rings is 7. The highest BCUT2D eigenvalue weighted by Gasteiger charge is 2.25. The van der Waals surface area contributed by atoms with Gasteiger partial charge in [-0.1, -0.05) is 115 Å². The number of para-hydroxylation sites is 3. The predicted molar refractivity (Wildman–Crippen MR) is 197 cm³/mol. The lowest BCUT2D eigenvalue weighted by Crippen LogP contribution is -2.06. The molecule has 0 N–H and O–H groups in total. The second-order valence-corrected chi connectivity index (χ2v) is 12.4. The van der Waals surface area contributed by atoms with E-state index < -0.39 is 0 Å². The fraction of sp³-hybridized carbons (Fsp3) is 0. The van der Waals surface area contributed by atoms with E-state index in [1.807, 2.05) is 66.7 Å². The Labute approximate surface area is 278 Å². The Morgan fingerprint density at radius 2 is 1.02 bits per heavy atom. The van der Waals surface area contributed by atoms with Gasteiger partial charge in [0.25, 0.3) is 0 Å². The van der Waals surface area contributed by atoms with Gasteiger partial charge in [-0.2, -0.15) is 9.97 Å². The number of hydrogen-bond donors (Lipinski definition) is 0. The van der Waals surface area contributed by atoms with Gasteiger partial charge in [0.15, 0.2) is 11.6 Å². The molecule has 4 aromatic heterocycles. The predicted octanol–water partition coefficient (Wildman–Crippen LogP) is 11.3. The Bertz CT molecular complexity index is 3120. The van der Waals surface area contributed by atoms with Crippen molar-refractivity contribution >= 4 is 76.5 Å². The third-order valence-electron chi connectivity index (χ3n) is 9.64. The molecule has 0 fully saturated rings. The van der Waals surface area contributed by atoms with Crippen LogP contribution in [0.25, 0.3) is 105 Å². The monoisotopic (exact) mass is 628 g/mol. The molecule has 0 unspecified atom stereocenters. The summed E-state index contributed by atoms with van der Waals surface area (Å²) in [5.74, 6) is 1.68. The van der Waals surface area contributed by atoms with Gasteiger partial charge in [-0.15, -0.1) is 0 Å². The minimum Gasteiger partial charge on any atom is -0.456 e. The fourth-order valence-electron chi connectivity index (χ4n) is 7.50. The SMILES string of the molecule is c1ccc(-c2nc(-c3ccc4c(c3)oc3ccccc34)nc(-n3c4ccccc4c4c5ccccc5c5oc6ccccc6c5c43)n2)cc1. The zero-order valence-electron chi connectivity index (χ0n) is 26.0. The Morgan fingerprint density at radius 1 is 0.408 bits per heavy atom. The molecule has 0 saturated heterocycles. The standard InChI is InChI=1S/C43H24N4O2/c1-2-12-25(13-3-1)41-44-42(26-22-23-28-27-14-7-10-20-34(27)48-36(28)24-26)46-43(45-41)47-33-19-9-6-17-31(33)37-29-15-4-5-16-30(29)40-38(39(37)47)32-18-8-11-21-35(32)49-40/h1-24H. The van der Waals surface area contributed by atoms with Crippen molar-refractivity contribution in [3.05, 3.63) is 146 Å². The molecule has 4 heterocycles. The molecule has 0 radical (unpaired) electrons. The molecule has 0 saturated carbocycles. The van der Waals surface area contributed by atoms with E-state index in [-0.39, 0.29) is 0 Å². The van der Waals surface area contributed by atoms with E-state index in [0.29, 0.717) is 17.6 Å². The van der Waals surface area contributed by atoms with Crippen molar-refractivity contribution in [2.75, 3.05) is 0 Å². The summed E-state index contributed by atoms with van der Waals surface area (Å²) >= 11 is 0. The van der Waals surface area contributed by atoms with Crippen LogP contribution in [0.1, 0.15) is 0 Å². The molecule has 49 heavy (non-hydrogen) atoms. The highest BCUT2D eigenvalue weighted by atomic mass is 16.3. The van der Waals surface area contributed by atoms with Crippen LogP contribution in [0.2, 0.25) is 0 Å². The van der Waals surface area contributed by atoms with Crippen LogP contribution in [0, 0.1) is 0 Å². The van der Waals surface area contributed by atoms with Crippen LogP contribution >= 0.6 is 0 Å². The Hall–Kier alpha value is -6.79. The van der Waals surface area contributed by atoms with E-state index in [2.05, 4.69) is 83.4 Å². The highest BCUT2D eigenvalue weighted by Crippen LogP contribution is 2.45. The number of rotatable bonds is 3. The lowest BCUT2D eigenvalue weighted by atomic mass is 9.99. The normalized spacial score (nSPS) is 12.1. The van der Waals surface area contributed by atoms with Crippen molar-refractivity contribution in [2.24, 2.45) is 0 Å². The van der Waals surface area contributed by atoms with Crippen LogP contribution in [0.4, 0.5) is 0 Å². The first-order chi connectivity index (χ1) is 24.3. The molecule has 228 valence electrons. The highest BCUT2D eigenvalue weighted by molar-refractivity contribution is 6.35. The van der Waals surface area contributed by atoms with Crippen molar-refractivity contribution in [1.82, 2.24) is 19.5 Å². The first-order valence-corrected chi connectivity index (χ1v) is 16.3. The molecule has 0 bridgehead atoms. The van der Waals surface area contributed by atoms with Gasteiger partial charge in [0.05, 0.1) is 16.4 Å². The van der Waals surface area contributed by atoms with E-state index in [9.17, 15) is 0 Å². The average Bonchev–Trinajstić information content (AvgIpc) is 3.85. The van der Waals surface area contributed by atoms with Crippen molar-refractivity contribution in [3.63, 3.8) is 0 Å². The van der Waals surface area contributed by atoms with E-state index in [0.717, 1.165) is 87.6 Å². The lowest BCUT2D eigenvalue weighted by Gasteiger charge is -2.12. The summed E-state index contributed by atoms with van der Waals surface area (Å²) in [6, 6.07) is 49.6.